The van der Waals surface area contributed by atoms with E-state index in [0.29, 0.717) is 5.06 Å². The summed E-state index contributed by atoms with van der Waals surface area (Å²) in [6.45, 7) is 0. The molecule has 52 valence electrons. The first kappa shape index (κ1) is 6.95. The number of esters is 1. The molecule has 0 aliphatic heterocycles. The fourth-order valence-corrected chi connectivity index (χ4v) is 1.02. The Balaban J connectivity index is 2.56. The van der Waals surface area contributed by atoms with Gasteiger partial charge in [-0.05, 0) is 17.5 Å². The van der Waals surface area contributed by atoms with Crippen LogP contribution in [0.15, 0.2) is 17.5 Å². The van der Waals surface area contributed by atoms with Crippen molar-refractivity contribution in [2.45, 2.75) is 0 Å². The Morgan fingerprint density at radius 1 is 1.70 bits per heavy atom. The highest BCUT2D eigenvalue weighted by molar-refractivity contribution is 7.11. The zero-order valence-corrected chi connectivity index (χ0v) is 5.76. The zero-order chi connectivity index (χ0) is 7.40. The van der Waals surface area contributed by atoms with Gasteiger partial charge in [0.2, 0.25) is 6.29 Å². The van der Waals surface area contributed by atoms with Crippen LogP contribution in [0, 0.1) is 0 Å². The molecule has 0 aliphatic rings. The van der Waals surface area contributed by atoms with Crippen LogP contribution in [-0.2, 0) is 9.59 Å². The molecule has 0 aliphatic carbocycles. The molecule has 3 nitrogen and oxygen atoms in total. The smallest absolute Gasteiger partial charge is 0.377 e. The van der Waals surface area contributed by atoms with Crippen molar-refractivity contribution in [1.82, 2.24) is 0 Å². The third-order valence-corrected chi connectivity index (χ3v) is 1.54. The molecule has 10 heavy (non-hydrogen) atoms. The second-order valence-electron chi connectivity index (χ2n) is 1.47. The molecule has 0 amide bonds. The summed E-state index contributed by atoms with van der Waals surface area (Å²) < 4.78 is 4.52. The molecule has 4 heteroatoms. The standard InChI is InChI=1S/C6H4O3S/c7-4-5(8)9-6-2-1-3-10-6/h1-4H. The molecular formula is C6H4O3S. The summed E-state index contributed by atoms with van der Waals surface area (Å²) in [5.74, 6) is -0.859. The lowest BCUT2D eigenvalue weighted by Crippen LogP contribution is -2.06. The average molecular weight is 156 g/mol. The van der Waals surface area contributed by atoms with Gasteiger partial charge in [-0.1, -0.05) is 0 Å². The fourth-order valence-electron chi connectivity index (χ4n) is 0.445. The Kier molecular flexibility index (Phi) is 2.17. The summed E-state index contributed by atoms with van der Waals surface area (Å²) in [6, 6.07) is 3.35. The Labute approximate surface area is 61.2 Å². The van der Waals surface area contributed by atoms with Gasteiger partial charge >= 0.3 is 5.97 Å². The first-order valence-corrected chi connectivity index (χ1v) is 3.41. The number of aldehydes is 1. The van der Waals surface area contributed by atoms with Crippen LogP contribution in [0.4, 0.5) is 0 Å². The Bertz CT molecular complexity index is 227. The molecule has 1 aromatic rings. The lowest BCUT2D eigenvalue weighted by atomic mass is 10.6. The summed E-state index contributed by atoms with van der Waals surface area (Å²) in [5, 5.41) is 2.20. The second kappa shape index (κ2) is 3.12. The van der Waals surface area contributed by atoms with Gasteiger partial charge in [-0.2, -0.15) is 0 Å². The SMILES string of the molecule is O=CC(=O)Oc1cccs1. The largest absolute Gasteiger partial charge is 0.410 e. The highest BCUT2D eigenvalue weighted by Gasteiger charge is 2.00. The van der Waals surface area contributed by atoms with Crippen molar-refractivity contribution in [3.05, 3.63) is 17.5 Å². The van der Waals surface area contributed by atoms with Crippen molar-refractivity contribution < 1.29 is 14.3 Å². The van der Waals surface area contributed by atoms with E-state index in [1.807, 2.05) is 0 Å². The number of carbonyl (C=O) groups excluding carboxylic acids is 2. The third kappa shape index (κ3) is 1.66. The molecule has 1 rings (SSSR count). The molecule has 0 spiro atoms. The molecule has 0 saturated heterocycles. The van der Waals surface area contributed by atoms with Crippen molar-refractivity contribution in [2.75, 3.05) is 0 Å². The van der Waals surface area contributed by atoms with Gasteiger partial charge in [-0.15, -0.1) is 11.3 Å². The van der Waals surface area contributed by atoms with Gasteiger partial charge in [-0.3, -0.25) is 4.79 Å². The van der Waals surface area contributed by atoms with Gasteiger partial charge in [0, 0.05) is 0 Å². The molecule has 1 aromatic heterocycles. The Hall–Kier alpha value is -1.16. The van der Waals surface area contributed by atoms with E-state index in [9.17, 15) is 9.59 Å². The van der Waals surface area contributed by atoms with Crippen LogP contribution >= 0.6 is 11.3 Å². The maximum Gasteiger partial charge on any atom is 0.377 e. The Morgan fingerprint density at radius 3 is 3.00 bits per heavy atom. The van der Waals surface area contributed by atoms with Gasteiger partial charge in [-0.25, -0.2) is 4.79 Å². The number of hydrogen-bond donors (Lipinski definition) is 0. The highest BCUT2D eigenvalue weighted by atomic mass is 32.1. The van der Waals surface area contributed by atoms with Crippen molar-refractivity contribution in [3.8, 4) is 5.06 Å². The summed E-state index contributed by atoms with van der Waals surface area (Å²) in [5.41, 5.74) is 0. The van der Waals surface area contributed by atoms with E-state index in [1.54, 1.807) is 17.5 Å². The maximum absolute atomic E-state index is 10.3. The van der Waals surface area contributed by atoms with Crippen LogP contribution in [0.2, 0.25) is 0 Å². The summed E-state index contributed by atoms with van der Waals surface area (Å²) in [6.07, 6.45) is 0.139. The summed E-state index contributed by atoms with van der Waals surface area (Å²) in [4.78, 5) is 20.1. The minimum absolute atomic E-state index is 0.139. The summed E-state index contributed by atoms with van der Waals surface area (Å²) >= 11 is 1.26. The van der Waals surface area contributed by atoms with Gasteiger partial charge in [0.05, 0.1) is 0 Å². The first-order chi connectivity index (χ1) is 4.83. The number of ether oxygens (including phenoxy) is 1. The van der Waals surface area contributed by atoms with Crippen LogP contribution in [0.1, 0.15) is 0 Å². The van der Waals surface area contributed by atoms with E-state index >= 15 is 0 Å². The predicted octanol–water partition coefficient (Wildman–Crippen LogP) is 0.852. The van der Waals surface area contributed by atoms with E-state index < -0.39 is 5.97 Å². The van der Waals surface area contributed by atoms with Gasteiger partial charge in [0.1, 0.15) is 0 Å². The monoisotopic (exact) mass is 156 g/mol. The van der Waals surface area contributed by atoms with Crippen LogP contribution in [-0.4, -0.2) is 12.3 Å². The molecule has 0 saturated carbocycles. The van der Waals surface area contributed by atoms with Crippen LogP contribution in [0.25, 0.3) is 0 Å². The number of rotatable bonds is 2. The van der Waals surface area contributed by atoms with Gasteiger partial charge in [0.25, 0.3) is 0 Å². The molecule has 1 heterocycles. The molecular weight excluding hydrogens is 152 g/mol. The topological polar surface area (TPSA) is 43.4 Å². The maximum atomic E-state index is 10.3. The van der Waals surface area contributed by atoms with Crippen LogP contribution in [0.5, 0.6) is 5.06 Å². The normalized spacial score (nSPS) is 8.80. The minimum Gasteiger partial charge on any atom is -0.410 e. The molecule has 0 unspecified atom stereocenters. The van der Waals surface area contributed by atoms with Gasteiger partial charge in [0.15, 0.2) is 5.06 Å². The van der Waals surface area contributed by atoms with E-state index in [1.165, 1.54) is 11.3 Å². The van der Waals surface area contributed by atoms with E-state index in [-0.39, 0.29) is 6.29 Å². The van der Waals surface area contributed by atoms with E-state index in [2.05, 4.69) is 4.74 Å². The highest BCUT2D eigenvalue weighted by Crippen LogP contribution is 2.17. The molecule has 0 fully saturated rings. The lowest BCUT2D eigenvalue weighted by Gasteiger charge is -1.90. The molecule has 0 N–H and O–H groups in total. The van der Waals surface area contributed by atoms with Crippen LogP contribution < -0.4 is 4.74 Å². The fraction of sp³-hybridized carbons (Fsp3) is 0. The summed E-state index contributed by atoms with van der Waals surface area (Å²) in [7, 11) is 0. The van der Waals surface area contributed by atoms with Gasteiger partial charge < -0.3 is 4.74 Å². The Morgan fingerprint density at radius 2 is 2.50 bits per heavy atom. The first-order valence-electron chi connectivity index (χ1n) is 2.53. The van der Waals surface area contributed by atoms with Crippen molar-refractivity contribution in [3.63, 3.8) is 0 Å². The van der Waals surface area contributed by atoms with Crippen molar-refractivity contribution in [2.24, 2.45) is 0 Å². The number of thiophene rings is 1. The molecule has 0 atom stereocenters. The van der Waals surface area contributed by atoms with Crippen molar-refractivity contribution in [1.29, 1.82) is 0 Å². The molecule has 0 bridgehead atoms. The minimum atomic E-state index is -0.859. The predicted molar refractivity (Wildman–Crippen MR) is 36.0 cm³/mol. The second-order valence-corrected chi connectivity index (χ2v) is 2.38. The average Bonchev–Trinajstić information content (AvgIpc) is 2.40. The molecule has 0 radical (unpaired) electrons. The van der Waals surface area contributed by atoms with E-state index in [0.717, 1.165) is 0 Å². The zero-order valence-electron chi connectivity index (χ0n) is 4.94. The number of hydrogen-bond acceptors (Lipinski definition) is 4. The number of carbonyl (C=O) groups is 2. The quantitative estimate of drug-likeness (QED) is 0.362. The van der Waals surface area contributed by atoms with E-state index in [4.69, 9.17) is 0 Å². The van der Waals surface area contributed by atoms with Crippen molar-refractivity contribution >= 4 is 23.6 Å². The molecule has 0 aromatic carbocycles. The van der Waals surface area contributed by atoms with Crippen LogP contribution in [0.3, 0.4) is 0 Å². The third-order valence-electron chi connectivity index (χ3n) is 0.792. The lowest BCUT2D eigenvalue weighted by molar-refractivity contribution is -0.141.